The van der Waals surface area contributed by atoms with Crippen molar-refractivity contribution in [3.63, 3.8) is 0 Å². The molecule has 0 aliphatic heterocycles. The third kappa shape index (κ3) is 3.76. The first-order valence-corrected chi connectivity index (χ1v) is 9.34. The second-order valence-corrected chi connectivity index (χ2v) is 7.35. The van der Waals surface area contributed by atoms with Gasteiger partial charge in [-0.3, -0.25) is 9.88 Å². The number of nitrogens with zero attached hydrogens (tertiary/aromatic N) is 2. The quantitative estimate of drug-likeness (QED) is 0.434. The van der Waals surface area contributed by atoms with Crippen molar-refractivity contribution in [3.05, 3.63) is 87.6 Å². The Kier molecular flexibility index (Phi) is 4.83. The molecular formula is C20H17ClN2OS. The lowest BCUT2D eigenvalue weighted by atomic mass is 10.1. The summed E-state index contributed by atoms with van der Waals surface area (Å²) in [5.74, 6) is 0.961. The van der Waals surface area contributed by atoms with Crippen molar-refractivity contribution in [3.8, 4) is 0 Å². The average molecular weight is 369 g/mol. The van der Waals surface area contributed by atoms with Gasteiger partial charge in [0.2, 0.25) is 0 Å². The average Bonchev–Trinajstić information content (AvgIpc) is 3.32. The van der Waals surface area contributed by atoms with Crippen LogP contribution in [0.25, 0.3) is 10.9 Å². The lowest BCUT2D eigenvalue weighted by molar-refractivity contribution is 0.229. The minimum atomic E-state index is 0.739. The molecule has 1 aromatic carbocycles. The van der Waals surface area contributed by atoms with Crippen molar-refractivity contribution in [2.75, 3.05) is 0 Å². The van der Waals surface area contributed by atoms with Crippen LogP contribution < -0.4 is 0 Å². The Morgan fingerprint density at radius 3 is 2.76 bits per heavy atom. The second kappa shape index (κ2) is 7.40. The number of hydrogen-bond acceptors (Lipinski definition) is 4. The van der Waals surface area contributed by atoms with Crippen LogP contribution in [0.15, 0.2) is 70.8 Å². The van der Waals surface area contributed by atoms with E-state index in [9.17, 15) is 0 Å². The molecule has 3 nitrogen and oxygen atoms in total. The summed E-state index contributed by atoms with van der Waals surface area (Å²) in [5, 5.41) is 3.85. The highest BCUT2D eigenvalue weighted by molar-refractivity contribution is 7.09. The maximum atomic E-state index is 6.33. The molecule has 0 N–H and O–H groups in total. The van der Waals surface area contributed by atoms with E-state index in [2.05, 4.69) is 33.5 Å². The highest BCUT2D eigenvalue weighted by atomic mass is 35.5. The van der Waals surface area contributed by atoms with E-state index < -0.39 is 0 Å². The van der Waals surface area contributed by atoms with Crippen molar-refractivity contribution < 1.29 is 4.42 Å². The number of furan rings is 1. The van der Waals surface area contributed by atoms with Crippen LogP contribution in [0.4, 0.5) is 0 Å². The molecular weight excluding hydrogens is 352 g/mol. The number of benzene rings is 1. The van der Waals surface area contributed by atoms with Crippen LogP contribution in [0.2, 0.25) is 5.02 Å². The SMILES string of the molecule is Clc1ccc(CN(Cc2ccco2)Cc2cccs2)c2ncccc12. The summed E-state index contributed by atoms with van der Waals surface area (Å²) in [6.07, 6.45) is 3.54. The van der Waals surface area contributed by atoms with Gasteiger partial charge < -0.3 is 4.42 Å². The van der Waals surface area contributed by atoms with Crippen molar-refractivity contribution >= 4 is 33.8 Å². The van der Waals surface area contributed by atoms with Gasteiger partial charge in [-0.1, -0.05) is 23.7 Å². The molecule has 0 bridgehead atoms. The lowest BCUT2D eigenvalue weighted by Gasteiger charge is -2.21. The largest absolute Gasteiger partial charge is 0.468 e. The summed E-state index contributed by atoms with van der Waals surface area (Å²) in [6.45, 7) is 2.40. The number of hydrogen-bond donors (Lipinski definition) is 0. The third-order valence-corrected chi connectivity index (χ3v) is 5.30. The van der Waals surface area contributed by atoms with Crippen molar-refractivity contribution in [2.24, 2.45) is 0 Å². The van der Waals surface area contributed by atoms with Gasteiger partial charge in [-0.25, -0.2) is 0 Å². The zero-order chi connectivity index (χ0) is 17.1. The van der Waals surface area contributed by atoms with E-state index in [0.29, 0.717) is 0 Å². The predicted octanol–water partition coefficient (Wildman–Crippen LogP) is 5.75. The number of aromatic nitrogens is 1. The Morgan fingerprint density at radius 2 is 1.96 bits per heavy atom. The predicted molar refractivity (Wildman–Crippen MR) is 103 cm³/mol. The molecule has 0 aliphatic rings. The van der Waals surface area contributed by atoms with Gasteiger partial charge >= 0.3 is 0 Å². The summed E-state index contributed by atoms with van der Waals surface area (Å²) in [5.41, 5.74) is 2.13. The molecule has 0 saturated carbocycles. The van der Waals surface area contributed by atoms with Gasteiger partial charge in [0.1, 0.15) is 5.76 Å². The molecule has 0 unspecified atom stereocenters. The highest BCUT2D eigenvalue weighted by Gasteiger charge is 2.14. The van der Waals surface area contributed by atoms with Crippen LogP contribution in [0.3, 0.4) is 0 Å². The summed E-state index contributed by atoms with van der Waals surface area (Å²) in [7, 11) is 0. The molecule has 126 valence electrons. The molecule has 3 heterocycles. The molecule has 0 amide bonds. The molecule has 3 aromatic heterocycles. The number of fused-ring (bicyclic) bond motifs is 1. The van der Waals surface area contributed by atoms with Crippen LogP contribution >= 0.6 is 22.9 Å². The Balaban J connectivity index is 1.65. The van der Waals surface area contributed by atoms with E-state index in [1.807, 2.05) is 36.5 Å². The molecule has 5 heteroatoms. The van der Waals surface area contributed by atoms with E-state index >= 15 is 0 Å². The van der Waals surface area contributed by atoms with E-state index in [4.69, 9.17) is 16.0 Å². The van der Waals surface area contributed by atoms with Crippen molar-refractivity contribution in [2.45, 2.75) is 19.6 Å². The fourth-order valence-electron chi connectivity index (χ4n) is 2.98. The molecule has 0 atom stereocenters. The van der Waals surface area contributed by atoms with Crippen LogP contribution in [0, 0.1) is 0 Å². The molecule has 4 rings (SSSR count). The molecule has 0 radical (unpaired) electrons. The monoisotopic (exact) mass is 368 g/mol. The topological polar surface area (TPSA) is 29.3 Å². The number of thiophene rings is 1. The fraction of sp³-hybridized carbons (Fsp3) is 0.150. The van der Waals surface area contributed by atoms with Gasteiger partial charge in [0.25, 0.3) is 0 Å². The van der Waals surface area contributed by atoms with Crippen LogP contribution in [0.1, 0.15) is 16.2 Å². The zero-order valence-electron chi connectivity index (χ0n) is 13.6. The Hall–Kier alpha value is -2.14. The van der Waals surface area contributed by atoms with Gasteiger partial charge in [0.05, 0.1) is 18.3 Å². The Morgan fingerprint density at radius 1 is 1.00 bits per heavy atom. The molecule has 0 aliphatic carbocycles. The number of rotatable bonds is 6. The Labute approximate surface area is 155 Å². The normalized spacial score (nSPS) is 11.4. The minimum Gasteiger partial charge on any atom is -0.468 e. The first-order chi connectivity index (χ1) is 12.3. The second-order valence-electron chi connectivity index (χ2n) is 5.91. The third-order valence-electron chi connectivity index (χ3n) is 4.11. The molecule has 4 aromatic rings. The van der Waals surface area contributed by atoms with E-state index in [-0.39, 0.29) is 0 Å². The van der Waals surface area contributed by atoms with Gasteiger partial charge in [0.15, 0.2) is 0 Å². The van der Waals surface area contributed by atoms with E-state index in [1.54, 1.807) is 17.6 Å². The molecule has 0 spiro atoms. The summed E-state index contributed by atoms with van der Waals surface area (Å²) >= 11 is 8.10. The summed E-state index contributed by atoms with van der Waals surface area (Å²) < 4.78 is 5.55. The van der Waals surface area contributed by atoms with E-state index in [1.165, 1.54) is 10.4 Å². The van der Waals surface area contributed by atoms with Gasteiger partial charge in [-0.05, 0) is 47.3 Å². The number of pyridine rings is 1. The molecule has 25 heavy (non-hydrogen) atoms. The van der Waals surface area contributed by atoms with Crippen LogP contribution in [-0.2, 0) is 19.6 Å². The van der Waals surface area contributed by atoms with Crippen molar-refractivity contribution in [1.29, 1.82) is 0 Å². The molecule has 0 saturated heterocycles. The fourth-order valence-corrected chi connectivity index (χ4v) is 3.94. The van der Waals surface area contributed by atoms with E-state index in [0.717, 1.165) is 41.3 Å². The lowest BCUT2D eigenvalue weighted by Crippen LogP contribution is -2.22. The van der Waals surface area contributed by atoms with Gasteiger partial charge in [-0.2, -0.15) is 0 Å². The first-order valence-electron chi connectivity index (χ1n) is 8.09. The van der Waals surface area contributed by atoms with Gasteiger partial charge in [-0.15, -0.1) is 11.3 Å². The van der Waals surface area contributed by atoms with Crippen LogP contribution in [0.5, 0.6) is 0 Å². The molecule has 0 fully saturated rings. The minimum absolute atomic E-state index is 0.739. The Bertz CT molecular complexity index is 915. The summed E-state index contributed by atoms with van der Waals surface area (Å²) in [4.78, 5) is 8.25. The van der Waals surface area contributed by atoms with Gasteiger partial charge in [0, 0.05) is 34.6 Å². The first kappa shape index (κ1) is 16.3. The highest BCUT2D eigenvalue weighted by Crippen LogP contribution is 2.27. The maximum Gasteiger partial charge on any atom is 0.117 e. The smallest absolute Gasteiger partial charge is 0.117 e. The van der Waals surface area contributed by atoms with Crippen LogP contribution in [-0.4, -0.2) is 9.88 Å². The van der Waals surface area contributed by atoms with Crippen molar-refractivity contribution in [1.82, 2.24) is 9.88 Å². The summed E-state index contributed by atoms with van der Waals surface area (Å²) in [6, 6.07) is 16.2. The standard InChI is InChI=1S/C20H17ClN2OS/c21-19-8-7-15(20-18(19)6-1-9-22-20)12-23(13-16-4-2-10-24-16)14-17-5-3-11-25-17/h1-11H,12-14H2. The number of halogens is 1. The zero-order valence-corrected chi connectivity index (χ0v) is 15.1. The maximum absolute atomic E-state index is 6.33.